The fourth-order valence-corrected chi connectivity index (χ4v) is 9.22. The molecule has 0 aromatic heterocycles. The zero-order valence-electron chi connectivity index (χ0n) is 47.1. The zero-order valence-corrected chi connectivity index (χ0v) is 47.1. The van der Waals surface area contributed by atoms with Gasteiger partial charge in [-0.05, 0) is 57.8 Å². The topological polar surface area (TPSA) is 78.9 Å². The fourth-order valence-electron chi connectivity index (χ4n) is 9.22. The lowest BCUT2D eigenvalue weighted by Crippen LogP contribution is -2.30. The molecule has 1 unspecified atom stereocenters. The molecule has 1 atom stereocenters. The van der Waals surface area contributed by atoms with Crippen LogP contribution in [0.5, 0.6) is 0 Å². The van der Waals surface area contributed by atoms with Gasteiger partial charge in [-0.15, -0.1) is 0 Å². The van der Waals surface area contributed by atoms with E-state index in [1.54, 1.807) is 0 Å². The van der Waals surface area contributed by atoms with Crippen molar-refractivity contribution in [3.05, 3.63) is 36.5 Å². The van der Waals surface area contributed by atoms with Gasteiger partial charge in [0.05, 0.1) is 0 Å². The summed E-state index contributed by atoms with van der Waals surface area (Å²) >= 11 is 0. The van der Waals surface area contributed by atoms with Gasteiger partial charge in [-0.1, -0.05) is 295 Å². The van der Waals surface area contributed by atoms with Crippen LogP contribution in [0.1, 0.15) is 335 Å². The first-order chi connectivity index (χ1) is 34.5. The summed E-state index contributed by atoms with van der Waals surface area (Å²) in [6.07, 6.45) is 71.7. The molecule has 0 aromatic carbocycles. The first-order valence-corrected chi connectivity index (χ1v) is 31.0. The van der Waals surface area contributed by atoms with E-state index in [0.29, 0.717) is 19.3 Å². The van der Waals surface area contributed by atoms with Gasteiger partial charge in [-0.25, -0.2) is 0 Å². The van der Waals surface area contributed by atoms with Crippen LogP contribution in [-0.4, -0.2) is 37.2 Å². The molecule has 0 rings (SSSR count). The highest BCUT2D eigenvalue weighted by atomic mass is 16.6. The highest BCUT2D eigenvalue weighted by Crippen LogP contribution is 2.17. The molecule has 410 valence electrons. The Balaban J connectivity index is 4.07. The normalized spacial score (nSPS) is 12.2. The van der Waals surface area contributed by atoms with Crippen LogP contribution in [0.15, 0.2) is 36.5 Å². The number of hydrogen-bond donors (Lipinski definition) is 0. The van der Waals surface area contributed by atoms with Crippen molar-refractivity contribution in [1.29, 1.82) is 0 Å². The minimum atomic E-state index is -0.765. The smallest absolute Gasteiger partial charge is 0.306 e. The first kappa shape index (κ1) is 67.6. The second kappa shape index (κ2) is 59.2. The van der Waals surface area contributed by atoms with Gasteiger partial charge >= 0.3 is 17.9 Å². The van der Waals surface area contributed by atoms with E-state index in [4.69, 9.17) is 14.2 Å². The SMILES string of the molecule is CCCCCCC/C=C\C/C=C\C/C=C\CCCCCCCCCCCCCCCCC(=O)OCC(COC(=O)CCCCCCCCCC)OC(=O)CCCCCCCCCCCCCCCCC. The third-order valence-corrected chi connectivity index (χ3v) is 13.9. The lowest BCUT2D eigenvalue weighted by atomic mass is 10.0. The highest BCUT2D eigenvalue weighted by Gasteiger charge is 2.19. The summed E-state index contributed by atoms with van der Waals surface area (Å²) in [7, 11) is 0. The van der Waals surface area contributed by atoms with E-state index in [0.717, 1.165) is 70.6 Å². The number of carbonyl (C=O) groups is 3. The molecule has 0 aliphatic carbocycles. The molecule has 0 radical (unpaired) electrons. The molecule has 0 fully saturated rings. The van der Waals surface area contributed by atoms with Gasteiger partial charge < -0.3 is 14.2 Å². The van der Waals surface area contributed by atoms with Crippen molar-refractivity contribution in [2.75, 3.05) is 13.2 Å². The van der Waals surface area contributed by atoms with Crippen molar-refractivity contribution in [3.63, 3.8) is 0 Å². The molecule has 70 heavy (non-hydrogen) atoms. The van der Waals surface area contributed by atoms with Crippen molar-refractivity contribution in [2.45, 2.75) is 341 Å². The Morgan fingerprint density at radius 3 is 0.800 bits per heavy atom. The van der Waals surface area contributed by atoms with E-state index >= 15 is 0 Å². The second-order valence-electron chi connectivity index (χ2n) is 21.0. The van der Waals surface area contributed by atoms with Crippen LogP contribution in [-0.2, 0) is 28.6 Å². The Kier molecular flexibility index (Phi) is 57.2. The molecule has 6 heteroatoms. The molecule has 0 N–H and O–H groups in total. The molecule has 0 saturated carbocycles. The Morgan fingerprint density at radius 2 is 0.514 bits per heavy atom. The lowest BCUT2D eigenvalue weighted by molar-refractivity contribution is -0.167. The minimum Gasteiger partial charge on any atom is -0.462 e. The molecule has 0 aliphatic heterocycles. The average Bonchev–Trinajstić information content (AvgIpc) is 3.36. The number of allylic oxidation sites excluding steroid dienone is 6. The van der Waals surface area contributed by atoms with Crippen LogP contribution in [0.25, 0.3) is 0 Å². The lowest BCUT2D eigenvalue weighted by Gasteiger charge is -2.18. The molecule has 0 aromatic rings. The molecule has 0 spiro atoms. The van der Waals surface area contributed by atoms with Crippen molar-refractivity contribution in [2.24, 2.45) is 0 Å². The maximum absolute atomic E-state index is 12.8. The summed E-state index contributed by atoms with van der Waals surface area (Å²) < 4.78 is 16.8. The van der Waals surface area contributed by atoms with E-state index < -0.39 is 6.10 Å². The van der Waals surface area contributed by atoms with E-state index in [-0.39, 0.29) is 31.1 Å². The predicted molar refractivity (Wildman–Crippen MR) is 302 cm³/mol. The predicted octanol–water partition coefficient (Wildman–Crippen LogP) is 20.8. The van der Waals surface area contributed by atoms with Gasteiger partial charge in [0.2, 0.25) is 0 Å². The van der Waals surface area contributed by atoms with Gasteiger partial charge in [-0.3, -0.25) is 14.4 Å². The van der Waals surface area contributed by atoms with Crippen molar-refractivity contribution < 1.29 is 28.6 Å². The Labute approximate surface area is 435 Å². The summed E-state index contributed by atoms with van der Waals surface area (Å²) in [5, 5.41) is 0. The quantitative estimate of drug-likeness (QED) is 0.0261. The molecular weight excluding hydrogens is 865 g/mol. The van der Waals surface area contributed by atoms with Gasteiger partial charge in [0, 0.05) is 19.3 Å². The van der Waals surface area contributed by atoms with Crippen LogP contribution in [0.2, 0.25) is 0 Å². The van der Waals surface area contributed by atoms with Crippen molar-refractivity contribution in [3.8, 4) is 0 Å². The second-order valence-corrected chi connectivity index (χ2v) is 21.0. The largest absolute Gasteiger partial charge is 0.462 e. The van der Waals surface area contributed by atoms with Crippen LogP contribution in [0.4, 0.5) is 0 Å². The average molecular weight is 984 g/mol. The Bertz CT molecular complexity index is 1170. The maximum atomic E-state index is 12.8. The zero-order chi connectivity index (χ0) is 50.7. The standard InChI is InChI=1S/C64H118O6/c1-4-7-10-13-16-19-21-23-25-26-27-28-29-30-31-32-33-34-35-36-37-38-40-41-43-45-48-51-54-57-63(66)69-60-61(59-68-62(65)56-53-50-47-18-15-12-9-6-3)70-64(67)58-55-52-49-46-44-42-39-24-22-20-17-14-11-8-5-2/h21,23,26-27,29-30,61H,4-20,22,24-25,28,31-60H2,1-3H3/b23-21-,27-26-,30-29-. The van der Waals surface area contributed by atoms with Crippen LogP contribution >= 0.6 is 0 Å². The van der Waals surface area contributed by atoms with Crippen LogP contribution in [0.3, 0.4) is 0 Å². The number of rotatable bonds is 57. The Morgan fingerprint density at radius 1 is 0.286 bits per heavy atom. The third kappa shape index (κ3) is 56.5. The van der Waals surface area contributed by atoms with E-state index in [2.05, 4.69) is 57.2 Å². The number of hydrogen-bond acceptors (Lipinski definition) is 6. The molecule has 0 amide bonds. The molecule has 0 bridgehead atoms. The molecule has 6 nitrogen and oxygen atoms in total. The van der Waals surface area contributed by atoms with E-state index in [9.17, 15) is 14.4 Å². The molecule has 0 saturated heterocycles. The number of esters is 3. The summed E-state index contributed by atoms with van der Waals surface area (Å²) in [6, 6.07) is 0. The number of unbranched alkanes of at least 4 members (excludes halogenated alkanes) is 40. The van der Waals surface area contributed by atoms with Gasteiger partial charge in [0.25, 0.3) is 0 Å². The van der Waals surface area contributed by atoms with Gasteiger partial charge in [0.15, 0.2) is 6.10 Å². The summed E-state index contributed by atoms with van der Waals surface area (Å²) in [4.78, 5) is 38.0. The fraction of sp³-hybridized carbons (Fsp3) is 0.859. The molecule has 0 aliphatic rings. The number of carbonyl (C=O) groups excluding carboxylic acids is 3. The first-order valence-electron chi connectivity index (χ1n) is 31.0. The Hall–Kier alpha value is -2.37. The van der Waals surface area contributed by atoms with Crippen LogP contribution in [0, 0.1) is 0 Å². The highest BCUT2D eigenvalue weighted by molar-refractivity contribution is 5.71. The third-order valence-electron chi connectivity index (χ3n) is 13.9. The van der Waals surface area contributed by atoms with Gasteiger partial charge in [-0.2, -0.15) is 0 Å². The summed E-state index contributed by atoms with van der Waals surface area (Å²) in [5.41, 5.74) is 0. The number of ether oxygens (including phenoxy) is 3. The molecular formula is C64H118O6. The van der Waals surface area contributed by atoms with Gasteiger partial charge in [0.1, 0.15) is 13.2 Å². The maximum Gasteiger partial charge on any atom is 0.306 e. The van der Waals surface area contributed by atoms with E-state index in [1.165, 1.54) is 225 Å². The molecule has 0 heterocycles. The summed E-state index contributed by atoms with van der Waals surface area (Å²) in [5.74, 6) is -0.852. The van der Waals surface area contributed by atoms with Crippen molar-refractivity contribution in [1.82, 2.24) is 0 Å². The minimum absolute atomic E-state index is 0.0669. The van der Waals surface area contributed by atoms with Crippen LogP contribution < -0.4 is 0 Å². The monoisotopic (exact) mass is 983 g/mol. The summed E-state index contributed by atoms with van der Waals surface area (Å²) in [6.45, 7) is 6.64. The van der Waals surface area contributed by atoms with Crippen molar-refractivity contribution >= 4 is 17.9 Å². The van der Waals surface area contributed by atoms with E-state index in [1.807, 2.05) is 0 Å².